The predicted octanol–water partition coefficient (Wildman–Crippen LogP) is 2.35. The molecule has 5 nitrogen and oxygen atoms in total. The third-order valence-corrected chi connectivity index (χ3v) is 4.00. The number of carbonyl (C=O) groups is 2. The van der Waals surface area contributed by atoms with Crippen LogP contribution in [0, 0.1) is 0 Å². The van der Waals surface area contributed by atoms with E-state index in [1.807, 2.05) is 12.1 Å². The van der Waals surface area contributed by atoms with Gasteiger partial charge in [-0.1, -0.05) is 18.2 Å². The molecular weight excluding hydrogens is 292 g/mol. The van der Waals surface area contributed by atoms with Crippen molar-refractivity contribution in [3.05, 3.63) is 29.8 Å². The molecule has 0 spiro atoms. The highest BCUT2D eigenvalue weighted by Gasteiger charge is 2.29. The first-order valence-corrected chi connectivity index (χ1v) is 7.84. The van der Waals surface area contributed by atoms with E-state index in [0.717, 1.165) is 11.3 Å². The van der Waals surface area contributed by atoms with Crippen LogP contribution >= 0.6 is 11.8 Å². The summed E-state index contributed by atoms with van der Waals surface area (Å²) < 4.78 is 16.1. The molecular formula is C15H18O5S. The molecule has 0 aliphatic carbocycles. The second-order valence-corrected chi connectivity index (χ2v) is 5.64. The van der Waals surface area contributed by atoms with E-state index in [1.54, 1.807) is 30.8 Å². The molecule has 0 aromatic heterocycles. The van der Waals surface area contributed by atoms with Crippen molar-refractivity contribution in [1.29, 1.82) is 0 Å². The lowest BCUT2D eigenvalue weighted by Crippen LogP contribution is -2.36. The normalized spacial score (nSPS) is 19.0. The average Bonchev–Trinajstić information content (AvgIpc) is 2.99. The molecule has 114 valence electrons. The zero-order valence-corrected chi connectivity index (χ0v) is 12.9. The molecule has 1 aliphatic rings. The van der Waals surface area contributed by atoms with Crippen LogP contribution in [0.4, 0.5) is 0 Å². The maximum atomic E-state index is 11.8. The number of hydrogen-bond donors (Lipinski definition) is 0. The lowest BCUT2D eigenvalue weighted by Gasteiger charge is -2.19. The summed E-state index contributed by atoms with van der Waals surface area (Å²) in [5, 5.41) is 0. The van der Waals surface area contributed by atoms with Crippen molar-refractivity contribution in [2.24, 2.45) is 0 Å². The molecule has 2 rings (SSSR count). The van der Waals surface area contributed by atoms with E-state index in [-0.39, 0.29) is 17.8 Å². The number of Topliss-reactive ketones (excluding diaryl/α,β-unsaturated/α-hetero) is 1. The first-order chi connectivity index (χ1) is 10.1. The van der Waals surface area contributed by atoms with Crippen molar-refractivity contribution in [1.82, 2.24) is 0 Å². The minimum absolute atomic E-state index is 0.129. The third kappa shape index (κ3) is 3.98. The van der Waals surface area contributed by atoms with Gasteiger partial charge in [0.1, 0.15) is 11.2 Å². The molecule has 0 saturated carbocycles. The van der Waals surface area contributed by atoms with Crippen LogP contribution in [0.2, 0.25) is 0 Å². The van der Waals surface area contributed by atoms with E-state index < -0.39 is 12.1 Å². The maximum absolute atomic E-state index is 11.8. The summed E-state index contributed by atoms with van der Waals surface area (Å²) in [7, 11) is 0. The van der Waals surface area contributed by atoms with Crippen molar-refractivity contribution >= 4 is 23.5 Å². The zero-order valence-electron chi connectivity index (χ0n) is 12.0. The smallest absolute Gasteiger partial charge is 0.355 e. The molecule has 1 fully saturated rings. The Hall–Kier alpha value is -1.53. The number of esters is 1. The first-order valence-electron chi connectivity index (χ1n) is 6.79. The summed E-state index contributed by atoms with van der Waals surface area (Å²) in [6.07, 6.45) is -1.24. The number of rotatable bonds is 6. The van der Waals surface area contributed by atoms with Crippen LogP contribution in [-0.4, -0.2) is 36.8 Å². The topological polar surface area (TPSA) is 61.8 Å². The Morgan fingerprint density at radius 1 is 1.43 bits per heavy atom. The number of para-hydroxylation sites is 1. The van der Waals surface area contributed by atoms with E-state index in [4.69, 9.17) is 14.2 Å². The van der Waals surface area contributed by atoms with Gasteiger partial charge in [-0.2, -0.15) is 0 Å². The fraction of sp³-hybridized carbons (Fsp3) is 0.467. The molecule has 1 aliphatic heterocycles. The van der Waals surface area contributed by atoms with Gasteiger partial charge in [0, 0.05) is 11.3 Å². The highest BCUT2D eigenvalue weighted by molar-refractivity contribution is 7.99. The number of ketones is 1. The first kappa shape index (κ1) is 15.9. The Bertz CT molecular complexity index is 511. The molecule has 0 N–H and O–H groups in total. The number of hydrogen-bond acceptors (Lipinski definition) is 6. The Morgan fingerprint density at radius 2 is 2.19 bits per heavy atom. The lowest BCUT2D eigenvalue weighted by molar-refractivity contribution is -0.155. The van der Waals surface area contributed by atoms with E-state index in [2.05, 4.69) is 0 Å². The molecule has 2 atom stereocenters. The van der Waals surface area contributed by atoms with E-state index in [9.17, 15) is 9.59 Å². The van der Waals surface area contributed by atoms with Gasteiger partial charge in [-0.05, 0) is 19.9 Å². The van der Waals surface area contributed by atoms with Crippen molar-refractivity contribution in [2.75, 3.05) is 19.0 Å². The number of carbonyl (C=O) groups excluding carboxylic acids is 2. The number of benzene rings is 1. The molecule has 1 saturated heterocycles. The van der Waals surface area contributed by atoms with E-state index in [1.165, 1.54) is 6.92 Å². The van der Waals surface area contributed by atoms with Gasteiger partial charge < -0.3 is 14.2 Å². The monoisotopic (exact) mass is 310 g/mol. The SMILES string of the molecule is CCOC(=O)C(Oc1ccccc1C1OCCS1)C(C)=O. The summed E-state index contributed by atoms with van der Waals surface area (Å²) in [5.74, 6) is 0.334. The predicted molar refractivity (Wildman–Crippen MR) is 79.3 cm³/mol. The number of thioether (sulfide) groups is 1. The molecule has 0 radical (unpaired) electrons. The van der Waals surface area contributed by atoms with Crippen LogP contribution in [0.1, 0.15) is 24.8 Å². The molecule has 2 unspecified atom stereocenters. The summed E-state index contributed by atoms with van der Waals surface area (Å²) >= 11 is 1.66. The quantitative estimate of drug-likeness (QED) is 0.594. The second-order valence-electron chi connectivity index (χ2n) is 4.47. The summed E-state index contributed by atoms with van der Waals surface area (Å²) in [6.45, 7) is 3.88. The van der Waals surface area contributed by atoms with Crippen molar-refractivity contribution in [2.45, 2.75) is 25.4 Å². The zero-order chi connectivity index (χ0) is 15.2. The van der Waals surface area contributed by atoms with Crippen LogP contribution in [0.15, 0.2) is 24.3 Å². The maximum Gasteiger partial charge on any atom is 0.355 e. The van der Waals surface area contributed by atoms with Crippen molar-refractivity contribution in [3.8, 4) is 5.75 Å². The Balaban J connectivity index is 2.20. The van der Waals surface area contributed by atoms with Crippen LogP contribution in [0.3, 0.4) is 0 Å². The van der Waals surface area contributed by atoms with Crippen LogP contribution in [0.25, 0.3) is 0 Å². The summed E-state index contributed by atoms with van der Waals surface area (Å²) in [5.41, 5.74) is 0.701. The molecule has 1 aromatic rings. The summed E-state index contributed by atoms with van der Waals surface area (Å²) in [6, 6.07) is 7.27. The molecule has 1 aromatic carbocycles. The largest absolute Gasteiger partial charge is 0.470 e. The van der Waals surface area contributed by atoms with Crippen molar-refractivity contribution in [3.63, 3.8) is 0 Å². The lowest BCUT2D eigenvalue weighted by atomic mass is 10.2. The van der Waals surface area contributed by atoms with Crippen LogP contribution in [-0.2, 0) is 19.1 Å². The van der Waals surface area contributed by atoms with Gasteiger partial charge in [0.05, 0.1) is 13.2 Å². The van der Waals surface area contributed by atoms with Crippen molar-refractivity contribution < 1.29 is 23.8 Å². The minimum Gasteiger partial charge on any atom is -0.470 e. The average molecular weight is 310 g/mol. The number of ether oxygens (including phenoxy) is 3. The molecule has 1 heterocycles. The third-order valence-electron chi connectivity index (χ3n) is 2.91. The molecule has 0 bridgehead atoms. The van der Waals surface area contributed by atoms with E-state index >= 15 is 0 Å². The van der Waals surface area contributed by atoms with Gasteiger partial charge in [-0.15, -0.1) is 11.8 Å². The fourth-order valence-corrected chi connectivity index (χ4v) is 2.94. The van der Waals surface area contributed by atoms with Gasteiger partial charge in [0.15, 0.2) is 5.78 Å². The fourth-order valence-electron chi connectivity index (χ4n) is 1.96. The molecule has 21 heavy (non-hydrogen) atoms. The van der Waals surface area contributed by atoms with Gasteiger partial charge in [0.2, 0.25) is 0 Å². The summed E-state index contributed by atoms with van der Waals surface area (Å²) in [4.78, 5) is 23.5. The Morgan fingerprint density at radius 3 is 2.81 bits per heavy atom. The molecule has 0 amide bonds. The van der Waals surface area contributed by atoms with Gasteiger partial charge >= 0.3 is 5.97 Å². The highest BCUT2D eigenvalue weighted by atomic mass is 32.2. The van der Waals surface area contributed by atoms with Gasteiger partial charge in [-0.25, -0.2) is 4.79 Å². The second kappa shape index (κ2) is 7.47. The van der Waals surface area contributed by atoms with Crippen LogP contribution < -0.4 is 4.74 Å². The van der Waals surface area contributed by atoms with Gasteiger partial charge in [0.25, 0.3) is 6.10 Å². The van der Waals surface area contributed by atoms with Gasteiger partial charge in [-0.3, -0.25) is 4.79 Å². The Labute approximate surface area is 127 Å². The molecule has 6 heteroatoms. The van der Waals surface area contributed by atoms with E-state index in [0.29, 0.717) is 12.4 Å². The Kier molecular flexibility index (Phi) is 5.64. The minimum atomic E-state index is -1.24. The highest BCUT2D eigenvalue weighted by Crippen LogP contribution is 2.39. The standard InChI is InChI=1S/C15H18O5S/c1-3-18-14(17)13(10(2)16)20-12-7-5-4-6-11(12)15-19-8-9-21-15/h4-7,13,15H,3,8-9H2,1-2H3. The van der Waals surface area contributed by atoms with Crippen LogP contribution in [0.5, 0.6) is 5.75 Å².